The van der Waals surface area contributed by atoms with E-state index in [0.717, 1.165) is 30.8 Å². The molecule has 0 aliphatic carbocycles. The van der Waals surface area contributed by atoms with Crippen LogP contribution in [0.15, 0.2) is 71.4 Å². The predicted octanol–water partition coefficient (Wildman–Crippen LogP) is 3.52. The predicted molar refractivity (Wildman–Crippen MR) is 119 cm³/mol. The van der Waals surface area contributed by atoms with Gasteiger partial charge in [-0.1, -0.05) is 47.6 Å². The van der Waals surface area contributed by atoms with E-state index in [1.54, 1.807) is 11.0 Å². The number of aromatic nitrogens is 1. The Balaban J connectivity index is 1.45. The molecule has 160 valence electrons. The maximum atomic E-state index is 13.2. The van der Waals surface area contributed by atoms with Gasteiger partial charge in [-0.25, -0.2) is 0 Å². The summed E-state index contributed by atoms with van der Waals surface area (Å²) < 4.78 is 4.75. The molecular formula is C24H26N4O3. The lowest BCUT2D eigenvalue weighted by atomic mass is 10.0. The van der Waals surface area contributed by atoms with E-state index in [-0.39, 0.29) is 18.4 Å². The normalized spacial score (nSPS) is 13.8. The fourth-order valence-electron chi connectivity index (χ4n) is 3.77. The van der Waals surface area contributed by atoms with Crippen molar-refractivity contribution >= 4 is 17.6 Å². The smallest absolute Gasteiger partial charge is 0.254 e. The van der Waals surface area contributed by atoms with Gasteiger partial charge in [0.25, 0.3) is 5.91 Å². The minimum atomic E-state index is -0.301. The largest absolute Gasteiger partial charge is 0.363 e. The second kappa shape index (κ2) is 10.0. The average molecular weight is 418 g/mol. The molecule has 1 aromatic heterocycles. The number of hydrogen-bond donors (Lipinski definition) is 1. The van der Waals surface area contributed by atoms with Crippen molar-refractivity contribution in [2.45, 2.75) is 12.8 Å². The number of likely N-dealkylation sites (tertiary alicyclic amines) is 1. The number of rotatable bonds is 8. The molecule has 31 heavy (non-hydrogen) atoms. The Hall–Kier alpha value is -3.45. The minimum absolute atomic E-state index is 0.0417. The van der Waals surface area contributed by atoms with Crippen molar-refractivity contribution in [2.75, 3.05) is 38.0 Å². The molecule has 1 aliphatic heterocycles. The summed E-state index contributed by atoms with van der Waals surface area (Å²) in [4.78, 5) is 29.7. The fraction of sp³-hybridized carbons (Fsp3) is 0.292. The maximum Gasteiger partial charge on any atom is 0.254 e. The number of carbonyl (C=O) groups excluding carboxylic acids is 2. The highest BCUT2D eigenvalue weighted by atomic mass is 16.5. The van der Waals surface area contributed by atoms with Crippen LogP contribution < -0.4 is 5.32 Å². The first kappa shape index (κ1) is 20.8. The van der Waals surface area contributed by atoms with Crippen LogP contribution in [0.5, 0.6) is 0 Å². The van der Waals surface area contributed by atoms with Gasteiger partial charge in [0, 0.05) is 24.7 Å². The summed E-state index contributed by atoms with van der Waals surface area (Å²) in [6.07, 6.45) is 3.75. The molecule has 0 unspecified atom stereocenters. The van der Waals surface area contributed by atoms with Crippen molar-refractivity contribution in [2.24, 2.45) is 0 Å². The van der Waals surface area contributed by atoms with E-state index in [1.807, 2.05) is 54.6 Å². The number of benzene rings is 2. The Morgan fingerprint density at radius 1 is 0.968 bits per heavy atom. The zero-order valence-corrected chi connectivity index (χ0v) is 17.4. The standard InChI is InChI=1S/C24H26N4O3/c29-23(25-22-12-17-31-26-22)18-28(16-15-27-13-4-5-14-27)24(30)21-10-8-20(9-11-21)19-6-2-1-3-7-19/h1-3,6-12,17H,4-5,13-16,18H2,(H,25,26,29). The molecule has 1 N–H and O–H groups in total. The third kappa shape index (κ3) is 5.58. The van der Waals surface area contributed by atoms with Crippen LogP contribution in [0.4, 0.5) is 5.82 Å². The fourth-order valence-corrected chi connectivity index (χ4v) is 3.77. The lowest BCUT2D eigenvalue weighted by Crippen LogP contribution is -2.42. The Morgan fingerprint density at radius 3 is 2.35 bits per heavy atom. The van der Waals surface area contributed by atoms with Gasteiger partial charge in [0.1, 0.15) is 12.8 Å². The molecule has 2 aromatic carbocycles. The van der Waals surface area contributed by atoms with Crippen molar-refractivity contribution in [3.8, 4) is 11.1 Å². The number of hydrogen-bond acceptors (Lipinski definition) is 5. The van der Waals surface area contributed by atoms with Crippen LogP contribution in [0.25, 0.3) is 11.1 Å². The zero-order valence-electron chi connectivity index (χ0n) is 17.4. The van der Waals surface area contributed by atoms with Crippen molar-refractivity contribution in [1.82, 2.24) is 15.0 Å². The molecule has 0 atom stereocenters. The Kier molecular flexibility index (Phi) is 6.74. The first-order valence-corrected chi connectivity index (χ1v) is 10.6. The van der Waals surface area contributed by atoms with Gasteiger partial charge in [0.05, 0.1) is 0 Å². The molecule has 1 aliphatic rings. The summed E-state index contributed by atoms with van der Waals surface area (Å²) in [5.41, 5.74) is 2.71. The summed E-state index contributed by atoms with van der Waals surface area (Å²) >= 11 is 0. The number of nitrogens with zero attached hydrogens (tertiary/aromatic N) is 3. The van der Waals surface area contributed by atoms with E-state index in [2.05, 4.69) is 15.4 Å². The van der Waals surface area contributed by atoms with E-state index < -0.39 is 0 Å². The average Bonchev–Trinajstić information content (AvgIpc) is 3.51. The van der Waals surface area contributed by atoms with Crippen LogP contribution >= 0.6 is 0 Å². The lowest BCUT2D eigenvalue weighted by molar-refractivity contribution is -0.117. The second-order valence-electron chi connectivity index (χ2n) is 7.65. The summed E-state index contributed by atoms with van der Waals surface area (Å²) in [6, 6.07) is 19.1. The molecule has 7 heteroatoms. The molecule has 1 fully saturated rings. The van der Waals surface area contributed by atoms with Crippen LogP contribution in [0.1, 0.15) is 23.2 Å². The van der Waals surface area contributed by atoms with E-state index in [1.165, 1.54) is 19.1 Å². The van der Waals surface area contributed by atoms with Crippen molar-refractivity contribution in [3.05, 3.63) is 72.5 Å². The van der Waals surface area contributed by atoms with Gasteiger partial charge in [0.15, 0.2) is 5.82 Å². The number of anilines is 1. The van der Waals surface area contributed by atoms with Crippen LogP contribution in [0, 0.1) is 0 Å². The monoisotopic (exact) mass is 418 g/mol. The van der Waals surface area contributed by atoms with Gasteiger partial charge in [-0.15, -0.1) is 0 Å². The third-order valence-corrected chi connectivity index (χ3v) is 5.45. The van der Waals surface area contributed by atoms with Crippen LogP contribution in [0.3, 0.4) is 0 Å². The molecule has 2 amide bonds. The first-order valence-electron chi connectivity index (χ1n) is 10.6. The van der Waals surface area contributed by atoms with Crippen LogP contribution in [-0.2, 0) is 4.79 Å². The Morgan fingerprint density at radius 2 is 1.68 bits per heavy atom. The molecule has 1 saturated heterocycles. The van der Waals surface area contributed by atoms with E-state index in [4.69, 9.17) is 4.52 Å². The third-order valence-electron chi connectivity index (χ3n) is 5.45. The number of carbonyl (C=O) groups is 2. The van der Waals surface area contributed by atoms with Gasteiger partial charge in [-0.3, -0.25) is 9.59 Å². The van der Waals surface area contributed by atoms with Crippen molar-refractivity contribution < 1.29 is 14.1 Å². The Labute approximate surface area is 181 Å². The zero-order chi connectivity index (χ0) is 21.5. The van der Waals surface area contributed by atoms with Gasteiger partial charge < -0.3 is 19.6 Å². The highest BCUT2D eigenvalue weighted by Crippen LogP contribution is 2.20. The molecule has 3 aromatic rings. The number of amides is 2. The molecule has 0 spiro atoms. The van der Waals surface area contributed by atoms with Crippen molar-refractivity contribution in [1.29, 1.82) is 0 Å². The highest BCUT2D eigenvalue weighted by molar-refractivity contribution is 5.99. The Bertz CT molecular complexity index is 981. The second-order valence-corrected chi connectivity index (χ2v) is 7.65. The molecule has 4 rings (SSSR count). The van der Waals surface area contributed by atoms with E-state index in [9.17, 15) is 9.59 Å². The maximum absolute atomic E-state index is 13.2. The molecular weight excluding hydrogens is 392 g/mol. The van der Waals surface area contributed by atoms with Gasteiger partial charge in [0.2, 0.25) is 5.91 Å². The topological polar surface area (TPSA) is 78.7 Å². The summed E-state index contributed by atoms with van der Waals surface area (Å²) in [5, 5.41) is 6.36. The number of nitrogens with one attached hydrogen (secondary N) is 1. The highest BCUT2D eigenvalue weighted by Gasteiger charge is 2.21. The molecule has 0 saturated carbocycles. The minimum Gasteiger partial charge on any atom is -0.363 e. The summed E-state index contributed by atoms with van der Waals surface area (Å²) in [7, 11) is 0. The van der Waals surface area contributed by atoms with E-state index >= 15 is 0 Å². The molecule has 0 bridgehead atoms. The van der Waals surface area contributed by atoms with Gasteiger partial charge in [-0.2, -0.15) is 0 Å². The van der Waals surface area contributed by atoms with Gasteiger partial charge in [-0.05, 0) is 49.2 Å². The summed E-state index contributed by atoms with van der Waals surface area (Å²) in [5.74, 6) is -0.122. The molecule has 7 nitrogen and oxygen atoms in total. The lowest BCUT2D eigenvalue weighted by Gasteiger charge is -2.25. The summed E-state index contributed by atoms with van der Waals surface area (Å²) in [6.45, 7) is 3.29. The quantitative estimate of drug-likeness (QED) is 0.606. The van der Waals surface area contributed by atoms with Crippen LogP contribution in [-0.4, -0.2) is 59.5 Å². The van der Waals surface area contributed by atoms with Crippen molar-refractivity contribution in [3.63, 3.8) is 0 Å². The SMILES string of the molecule is O=C(CN(CCN1CCCC1)C(=O)c1ccc(-c2ccccc2)cc1)Nc1ccon1. The molecule has 0 radical (unpaired) electrons. The van der Waals surface area contributed by atoms with Gasteiger partial charge >= 0.3 is 0 Å². The van der Waals surface area contributed by atoms with Crippen LogP contribution in [0.2, 0.25) is 0 Å². The van der Waals surface area contributed by atoms with E-state index in [0.29, 0.717) is 17.9 Å². The first-order chi connectivity index (χ1) is 15.2. The molecule has 2 heterocycles.